The summed E-state index contributed by atoms with van der Waals surface area (Å²) in [6.07, 6.45) is 0.938. The van der Waals surface area contributed by atoms with Crippen LogP contribution < -0.4 is 10.6 Å². The maximum Gasteiger partial charge on any atom is 0.234 e. The van der Waals surface area contributed by atoms with Crippen molar-refractivity contribution in [3.05, 3.63) is 35.4 Å². The molecule has 0 spiro atoms. The molecule has 0 heterocycles. The van der Waals surface area contributed by atoms with Gasteiger partial charge in [0.25, 0.3) is 0 Å². The first-order valence-electron chi connectivity index (χ1n) is 6.24. The Morgan fingerprint density at radius 3 is 2.89 bits per heavy atom. The minimum Gasteiger partial charge on any atom is -0.383 e. The molecule has 0 atom stereocenters. The Morgan fingerprint density at radius 2 is 2.17 bits per heavy atom. The third-order valence-corrected chi connectivity index (χ3v) is 2.59. The summed E-state index contributed by atoms with van der Waals surface area (Å²) in [5.41, 5.74) is 2.56. The third-order valence-electron chi connectivity index (χ3n) is 2.59. The standard InChI is InChI=1S/C14H22N2O2/c1-12-4-3-5-13(10-12)6-7-15-11-14(17)16-8-9-18-2/h3-5,10,15H,6-9,11H2,1-2H3,(H,16,17). The number of carbonyl (C=O) groups excluding carboxylic acids is 1. The highest BCUT2D eigenvalue weighted by molar-refractivity contribution is 5.77. The molecule has 100 valence electrons. The summed E-state index contributed by atoms with van der Waals surface area (Å²) < 4.78 is 4.85. The number of nitrogens with one attached hydrogen (secondary N) is 2. The molecule has 0 aliphatic heterocycles. The van der Waals surface area contributed by atoms with Crippen molar-refractivity contribution in [3.63, 3.8) is 0 Å². The van der Waals surface area contributed by atoms with Crippen LogP contribution in [0, 0.1) is 6.92 Å². The molecule has 4 heteroatoms. The Kier molecular flexibility index (Phi) is 7.06. The molecule has 1 amide bonds. The Morgan fingerprint density at radius 1 is 1.33 bits per heavy atom. The Balaban J connectivity index is 2.09. The van der Waals surface area contributed by atoms with Crippen molar-refractivity contribution in [1.82, 2.24) is 10.6 Å². The minimum atomic E-state index is 0.0105. The van der Waals surface area contributed by atoms with Crippen molar-refractivity contribution in [2.45, 2.75) is 13.3 Å². The van der Waals surface area contributed by atoms with Crippen LogP contribution in [0.3, 0.4) is 0 Å². The smallest absolute Gasteiger partial charge is 0.234 e. The van der Waals surface area contributed by atoms with E-state index in [1.54, 1.807) is 7.11 Å². The van der Waals surface area contributed by atoms with Gasteiger partial charge in [-0.05, 0) is 25.5 Å². The predicted molar refractivity (Wildman–Crippen MR) is 72.6 cm³/mol. The number of ether oxygens (including phenoxy) is 1. The molecule has 1 aromatic rings. The van der Waals surface area contributed by atoms with Gasteiger partial charge in [-0.3, -0.25) is 4.79 Å². The van der Waals surface area contributed by atoms with Crippen LogP contribution >= 0.6 is 0 Å². The lowest BCUT2D eigenvalue weighted by molar-refractivity contribution is -0.120. The van der Waals surface area contributed by atoms with Crippen LogP contribution in [0.15, 0.2) is 24.3 Å². The maximum absolute atomic E-state index is 11.4. The van der Waals surface area contributed by atoms with Crippen LogP contribution in [0.5, 0.6) is 0 Å². The number of carbonyl (C=O) groups is 1. The number of aryl methyl sites for hydroxylation is 1. The lowest BCUT2D eigenvalue weighted by Gasteiger charge is -2.06. The molecule has 0 fully saturated rings. The average molecular weight is 250 g/mol. The third kappa shape index (κ3) is 6.37. The summed E-state index contributed by atoms with van der Waals surface area (Å²) in [5, 5.41) is 5.89. The van der Waals surface area contributed by atoms with Crippen LogP contribution in [-0.4, -0.2) is 39.3 Å². The van der Waals surface area contributed by atoms with Gasteiger partial charge in [0.05, 0.1) is 13.2 Å². The molecule has 0 radical (unpaired) electrons. The fourth-order valence-electron chi connectivity index (χ4n) is 1.66. The molecule has 0 aliphatic carbocycles. The zero-order valence-electron chi connectivity index (χ0n) is 11.2. The summed E-state index contributed by atoms with van der Waals surface area (Å²) in [6.45, 7) is 4.36. The highest BCUT2D eigenvalue weighted by Crippen LogP contribution is 2.03. The van der Waals surface area contributed by atoms with Crippen LogP contribution in [0.1, 0.15) is 11.1 Å². The molecule has 1 aromatic carbocycles. The van der Waals surface area contributed by atoms with Crippen LogP contribution in [0.4, 0.5) is 0 Å². The van der Waals surface area contributed by atoms with E-state index in [9.17, 15) is 4.79 Å². The summed E-state index contributed by atoms with van der Waals surface area (Å²) in [7, 11) is 1.62. The number of benzene rings is 1. The van der Waals surface area contributed by atoms with E-state index in [0.29, 0.717) is 19.7 Å². The summed E-state index contributed by atoms with van der Waals surface area (Å²) in [5.74, 6) is 0.0105. The summed E-state index contributed by atoms with van der Waals surface area (Å²) in [4.78, 5) is 11.4. The van der Waals surface area contributed by atoms with Gasteiger partial charge in [0.2, 0.25) is 5.91 Å². The second-order valence-corrected chi connectivity index (χ2v) is 4.26. The molecule has 0 aromatic heterocycles. The van der Waals surface area contributed by atoms with Crippen LogP contribution in [0.2, 0.25) is 0 Å². The predicted octanol–water partition coefficient (Wildman–Crippen LogP) is 0.890. The van der Waals surface area contributed by atoms with Crippen molar-refractivity contribution in [2.24, 2.45) is 0 Å². The maximum atomic E-state index is 11.4. The lowest BCUT2D eigenvalue weighted by Crippen LogP contribution is -2.36. The SMILES string of the molecule is COCCNC(=O)CNCCc1cccc(C)c1. The largest absolute Gasteiger partial charge is 0.383 e. The van der Waals surface area contributed by atoms with Gasteiger partial charge in [0.15, 0.2) is 0 Å². The quantitative estimate of drug-likeness (QED) is 0.674. The monoisotopic (exact) mass is 250 g/mol. The molecular weight excluding hydrogens is 228 g/mol. The van der Waals surface area contributed by atoms with E-state index in [0.717, 1.165) is 13.0 Å². The summed E-state index contributed by atoms with van der Waals surface area (Å²) in [6, 6.07) is 8.41. The van der Waals surface area contributed by atoms with Crippen molar-refractivity contribution < 1.29 is 9.53 Å². The van der Waals surface area contributed by atoms with Crippen LogP contribution in [0.25, 0.3) is 0 Å². The second-order valence-electron chi connectivity index (χ2n) is 4.26. The molecule has 0 aliphatic rings. The molecule has 2 N–H and O–H groups in total. The first-order chi connectivity index (χ1) is 8.72. The van der Waals surface area contributed by atoms with E-state index >= 15 is 0 Å². The van der Waals surface area contributed by atoms with Gasteiger partial charge in [-0.2, -0.15) is 0 Å². The van der Waals surface area contributed by atoms with E-state index in [4.69, 9.17) is 4.74 Å². The van der Waals surface area contributed by atoms with Crippen molar-refractivity contribution in [3.8, 4) is 0 Å². The Bertz CT molecular complexity index is 367. The lowest BCUT2D eigenvalue weighted by atomic mass is 10.1. The average Bonchev–Trinajstić information content (AvgIpc) is 2.35. The second kappa shape index (κ2) is 8.66. The molecule has 1 rings (SSSR count). The number of rotatable bonds is 8. The van der Waals surface area contributed by atoms with E-state index in [-0.39, 0.29) is 5.91 Å². The molecule has 0 bridgehead atoms. The molecule has 0 saturated carbocycles. The molecular formula is C14H22N2O2. The number of methoxy groups -OCH3 is 1. The minimum absolute atomic E-state index is 0.0105. The van der Waals surface area contributed by atoms with E-state index in [2.05, 4.69) is 41.8 Å². The highest BCUT2D eigenvalue weighted by atomic mass is 16.5. The zero-order chi connectivity index (χ0) is 13.2. The molecule has 4 nitrogen and oxygen atoms in total. The first-order valence-corrected chi connectivity index (χ1v) is 6.24. The number of hydrogen-bond acceptors (Lipinski definition) is 3. The molecule has 0 unspecified atom stereocenters. The van der Waals surface area contributed by atoms with Gasteiger partial charge >= 0.3 is 0 Å². The topological polar surface area (TPSA) is 50.4 Å². The van der Waals surface area contributed by atoms with E-state index in [1.807, 2.05) is 0 Å². The highest BCUT2D eigenvalue weighted by Gasteiger charge is 1.99. The number of hydrogen-bond donors (Lipinski definition) is 2. The van der Waals surface area contributed by atoms with Gasteiger partial charge in [0.1, 0.15) is 0 Å². The molecule has 18 heavy (non-hydrogen) atoms. The fraction of sp³-hybridized carbons (Fsp3) is 0.500. The van der Waals surface area contributed by atoms with E-state index in [1.165, 1.54) is 11.1 Å². The van der Waals surface area contributed by atoms with Crippen molar-refractivity contribution in [1.29, 1.82) is 0 Å². The summed E-state index contributed by atoms with van der Waals surface area (Å²) >= 11 is 0. The Hall–Kier alpha value is -1.39. The van der Waals surface area contributed by atoms with Gasteiger partial charge in [-0.1, -0.05) is 29.8 Å². The van der Waals surface area contributed by atoms with Gasteiger partial charge in [-0.25, -0.2) is 0 Å². The van der Waals surface area contributed by atoms with Crippen LogP contribution in [-0.2, 0) is 16.0 Å². The van der Waals surface area contributed by atoms with Gasteiger partial charge < -0.3 is 15.4 Å². The fourth-order valence-corrected chi connectivity index (χ4v) is 1.66. The van der Waals surface area contributed by atoms with E-state index < -0.39 is 0 Å². The van der Waals surface area contributed by atoms with Gasteiger partial charge in [0, 0.05) is 13.7 Å². The zero-order valence-corrected chi connectivity index (χ0v) is 11.2. The first kappa shape index (κ1) is 14.7. The van der Waals surface area contributed by atoms with Crippen molar-refractivity contribution >= 4 is 5.91 Å². The normalized spacial score (nSPS) is 10.3. The molecule has 0 saturated heterocycles. The van der Waals surface area contributed by atoms with Crippen molar-refractivity contribution in [2.75, 3.05) is 33.4 Å². The van der Waals surface area contributed by atoms with Gasteiger partial charge in [-0.15, -0.1) is 0 Å². The Labute approximate surface area is 109 Å². The number of amides is 1.